The zero-order valence-corrected chi connectivity index (χ0v) is 38.6. The van der Waals surface area contributed by atoms with E-state index in [1.807, 2.05) is 48.2 Å². The van der Waals surface area contributed by atoms with E-state index in [0.717, 1.165) is 102 Å². The van der Waals surface area contributed by atoms with E-state index < -0.39 is 0 Å². The molecule has 0 heterocycles. The van der Waals surface area contributed by atoms with Crippen LogP contribution < -0.4 is 15.3 Å². The summed E-state index contributed by atoms with van der Waals surface area (Å²) >= 11 is 0. The Labute approximate surface area is 358 Å². The summed E-state index contributed by atoms with van der Waals surface area (Å²) in [5, 5.41) is 35.5. The third-order valence-electron chi connectivity index (χ3n) is 11.1. The van der Waals surface area contributed by atoms with Crippen LogP contribution in [0, 0.1) is 6.92 Å². The normalized spacial score (nSPS) is 11.6. The van der Waals surface area contributed by atoms with Gasteiger partial charge in [-0.25, -0.2) is 14.4 Å². The first-order valence-corrected chi connectivity index (χ1v) is 22.4. The molecule has 0 fully saturated rings. The summed E-state index contributed by atoms with van der Waals surface area (Å²) in [6, 6.07) is 18.1. The van der Waals surface area contributed by atoms with Crippen molar-refractivity contribution in [2.24, 2.45) is 0 Å². The van der Waals surface area contributed by atoms with Crippen molar-refractivity contribution in [3.63, 3.8) is 0 Å². The third kappa shape index (κ3) is 18.8. The second kappa shape index (κ2) is 27.7. The van der Waals surface area contributed by atoms with Crippen LogP contribution in [0.1, 0.15) is 161 Å². The van der Waals surface area contributed by atoms with Crippen molar-refractivity contribution in [2.45, 2.75) is 131 Å². The summed E-state index contributed by atoms with van der Waals surface area (Å²) in [5.41, 5.74) is 1.85. The third-order valence-corrected chi connectivity index (χ3v) is 11.1. The van der Waals surface area contributed by atoms with E-state index in [2.05, 4.69) is 27.7 Å². The van der Waals surface area contributed by atoms with Crippen molar-refractivity contribution >= 4 is 17.7 Å². The Bertz CT molecular complexity index is 1670. The first-order chi connectivity index (χ1) is 27.9. The Morgan fingerprint density at radius 2 is 0.763 bits per heavy atom. The SMILES string of the molecule is CCCCCCCC[N+](C)(C)C(=O)c1ccccc1[O-].CCCCC[N+](C)(C)C(=O)c1ccc(C)cc1[O-].CCCCC[N+](C)(CCCCC)C(=O)c1ccccc1[O-]. The Kier molecular flexibility index (Phi) is 24.8. The van der Waals surface area contributed by atoms with Crippen molar-refractivity contribution in [2.75, 3.05) is 61.4 Å². The zero-order chi connectivity index (χ0) is 44.5. The molecule has 0 bridgehead atoms. The Balaban J connectivity index is 0.000000444. The largest absolute Gasteiger partial charge is 0.872 e. The van der Waals surface area contributed by atoms with Crippen LogP contribution in [0.4, 0.5) is 0 Å². The first-order valence-electron chi connectivity index (χ1n) is 22.4. The molecule has 0 aromatic heterocycles. The van der Waals surface area contributed by atoms with Gasteiger partial charge in [0, 0.05) is 0 Å². The average molecular weight is 818 g/mol. The highest BCUT2D eigenvalue weighted by Crippen LogP contribution is 2.23. The van der Waals surface area contributed by atoms with Crippen LogP contribution in [0.2, 0.25) is 0 Å². The summed E-state index contributed by atoms with van der Waals surface area (Å²) in [6.07, 6.45) is 17.1. The van der Waals surface area contributed by atoms with Gasteiger partial charge in [0.05, 0.1) is 78.1 Å². The molecule has 9 nitrogen and oxygen atoms in total. The smallest absolute Gasteiger partial charge is 0.345 e. The molecule has 0 saturated heterocycles. The lowest BCUT2D eigenvalue weighted by Gasteiger charge is -2.33. The molecule has 3 aromatic rings. The zero-order valence-electron chi connectivity index (χ0n) is 38.6. The van der Waals surface area contributed by atoms with Crippen LogP contribution in [0.15, 0.2) is 66.7 Å². The molecule has 0 aliphatic heterocycles. The number of amides is 3. The lowest BCUT2D eigenvalue weighted by atomic mass is 10.1. The number of quaternary nitrogens is 3. The number of benzene rings is 3. The molecule has 3 rings (SSSR count). The molecular weight excluding hydrogens is 739 g/mol. The number of para-hydroxylation sites is 2. The molecule has 9 heteroatoms. The first kappa shape index (κ1) is 53.0. The van der Waals surface area contributed by atoms with Crippen LogP contribution in [0.25, 0.3) is 0 Å². The molecule has 3 amide bonds. The molecule has 3 aromatic carbocycles. The Morgan fingerprint density at radius 1 is 0.424 bits per heavy atom. The number of rotatable bonds is 22. The monoisotopic (exact) mass is 818 g/mol. The van der Waals surface area contributed by atoms with Crippen molar-refractivity contribution in [3.05, 3.63) is 89.0 Å². The molecule has 0 spiro atoms. The van der Waals surface area contributed by atoms with Crippen molar-refractivity contribution in [3.8, 4) is 17.2 Å². The molecule has 0 radical (unpaired) electrons. The summed E-state index contributed by atoms with van der Waals surface area (Å²) in [4.78, 5) is 37.6. The van der Waals surface area contributed by atoms with Crippen molar-refractivity contribution < 1.29 is 43.2 Å². The van der Waals surface area contributed by atoms with Crippen molar-refractivity contribution in [1.29, 1.82) is 0 Å². The highest BCUT2D eigenvalue weighted by Gasteiger charge is 2.32. The number of unbranched alkanes of at least 4 members (excludes halogenated alkanes) is 11. The topological polar surface area (TPSA) is 120 Å². The summed E-state index contributed by atoms with van der Waals surface area (Å²) < 4.78 is 0.866. The minimum Gasteiger partial charge on any atom is -0.872 e. The number of carbonyl (C=O) groups excluding carboxylic acids is 3. The fourth-order valence-corrected chi connectivity index (χ4v) is 7.02. The molecule has 0 N–H and O–H groups in total. The van der Waals surface area contributed by atoms with Gasteiger partial charge in [0.1, 0.15) is 0 Å². The van der Waals surface area contributed by atoms with E-state index in [1.54, 1.807) is 42.5 Å². The Morgan fingerprint density at radius 3 is 1.19 bits per heavy atom. The molecule has 330 valence electrons. The van der Waals surface area contributed by atoms with Crippen molar-refractivity contribution in [1.82, 2.24) is 0 Å². The minimum atomic E-state index is -0.174. The maximum atomic E-state index is 12.8. The highest BCUT2D eigenvalue weighted by atomic mass is 16.3. The Hall–Kier alpha value is -4.05. The van der Waals surface area contributed by atoms with Crippen LogP contribution in [-0.2, 0) is 0 Å². The van der Waals surface area contributed by atoms with Gasteiger partial charge in [0.15, 0.2) is 0 Å². The molecule has 0 unspecified atom stereocenters. The van der Waals surface area contributed by atoms with Gasteiger partial charge in [-0.1, -0.05) is 144 Å². The van der Waals surface area contributed by atoms with Crippen LogP contribution in [-0.4, -0.2) is 92.6 Å². The van der Waals surface area contributed by atoms with Gasteiger partial charge in [0.25, 0.3) is 0 Å². The standard InChI is InChI=1S/C18H29NO2.C17H27NO2.C15H23NO2/c1-4-6-10-14-19(3,15-11-7-5-2)18(21)16-12-8-9-13-17(16)20;1-4-5-6-7-8-11-14-18(2,3)17(20)15-12-9-10-13-16(15)19;1-5-6-7-10-16(3,4)15(18)13-9-8-12(2)11-14(13)17/h8-9,12-13H,4-7,10-11,14-15H2,1-3H3;9-10,12-13H,4-8,11,14H2,1-3H3;8-9,11H,5-7,10H2,1-4H3. The van der Waals surface area contributed by atoms with Crippen LogP contribution in [0.5, 0.6) is 17.2 Å². The second-order valence-corrected chi connectivity index (χ2v) is 17.5. The van der Waals surface area contributed by atoms with E-state index >= 15 is 0 Å². The number of nitrogens with zero attached hydrogens (tertiary/aromatic N) is 3. The van der Waals surface area contributed by atoms with E-state index in [0.29, 0.717) is 21.2 Å². The fraction of sp³-hybridized carbons (Fsp3) is 0.580. The molecule has 0 saturated carbocycles. The van der Waals surface area contributed by atoms with E-state index in [9.17, 15) is 29.7 Å². The van der Waals surface area contributed by atoms with E-state index in [4.69, 9.17) is 0 Å². The molecule has 0 aliphatic rings. The van der Waals surface area contributed by atoms with Gasteiger partial charge >= 0.3 is 17.7 Å². The fourth-order valence-electron chi connectivity index (χ4n) is 7.02. The lowest BCUT2D eigenvalue weighted by molar-refractivity contribution is -0.829. The maximum absolute atomic E-state index is 12.8. The molecular formula is C50H79N3O6. The maximum Gasteiger partial charge on any atom is 0.345 e. The molecule has 59 heavy (non-hydrogen) atoms. The number of hydrogen-bond acceptors (Lipinski definition) is 6. The number of hydrogen-bond donors (Lipinski definition) is 0. The molecule has 0 aliphatic carbocycles. The predicted molar refractivity (Wildman–Crippen MR) is 237 cm³/mol. The number of aryl methyl sites for hydroxylation is 1. The van der Waals surface area contributed by atoms with Gasteiger partial charge < -0.3 is 15.3 Å². The molecule has 0 atom stereocenters. The van der Waals surface area contributed by atoms with Gasteiger partial charge in [-0.05, 0) is 76.5 Å². The summed E-state index contributed by atoms with van der Waals surface area (Å²) in [6.45, 7) is 13.7. The van der Waals surface area contributed by atoms with E-state index in [-0.39, 0.29) is 43.9 Å². The van der Waals surface area contributed by atoms with E-state index in [1.165, 1.54) is 43.9 Å². The van der Waals surface area contributed by atoms with Gasteiger partial charge in [-0.2, -0.15) is 0 Å². The van der Waals surface area contributed by atoms with Crippen LogP contribution in [0.3, 0.4) is 0 Å². The summed E-state index contributed by atoms with van der Waals surface area (Å²) in [7, 11) is 9.51. The lowest BCUT2D eigenvalue weighted by Crippen LogP contribution is -2.50. The highest BCUT2D eigenvalue weighted by molar-refractivity contribution is 5.92. The van der Waals surface area contributed by atoms with Gasteiger partial charge in [0.2, 0.25) is 0 Å². The average Bonchev–Trinajstić information content (AvgIpc) is 3.19. The van der Waals surface area contributed by atoms with Crippen LogP contribution >= 0.6 is 0 Å². The van der Waals surface area contributed by atoms with Gasteiger partial charge in [-0.15, -0.1) is 0 Å². The second-order valence-electron chi connectivity index (χ2n) is 17.5. The number of carbonyl (C=O) groups is 3. The minimum absolute atomic E-state index is 0.0205. The predicted octanol–water partition coefficient (Wildman–Crippen LogP) is 9.54. The van der Waals surface area contributed by atoms with Gasteiger partial charge in [-0.3, -0.25) is 13.4 Å². The summed E-state index contributed by atoms with van der Waals surface area (Å²) in [5.74, 6) is -0.681. The quantitative estimate of drug-likeness (QED) is 0.0736.